The van der Waals surface area contributed by atoms with E-state index in [1.165, 1.54) is 4.31 Å². The Morgan fingerprint density at radius 2 is 2.05 bits per heavy atom. The van der Waals surface area contributed by atoms with Crippen LogP contribution in [0.4, 0.5) is 5.69 Å². The Kier molecular flexibility index (Phi) is 7.69. The summed E-state index contributed by atoms with van der Waals surface area (Å²) in [5.41, 5.74) is 0.393. The second-order valence-corrected chi connectivity index (χ2v) is 8.45. The molecule has 8 heteroatoms. The van der Waals surface area contributed by atoms with Gasteiger partial charge in [-0.05, 0) is 53.8 Å². The molecule has 0 unspecified atom stereocenters. The molecule has 21 heavy (non-hydrogen) atoms. The summed E-state index contributed by atoms with van der Waals surface area (Å²) < 4.78 is 29.2. The minimum Gasteiger partial charge on any atom is -0.314 e. The first-order valence-corrected chi connectivity index (χ1v) is 9.54. The Hall–Kier alpha value is -0.0900. The molecule has 1 aromatic rings. The van der Waals surface area contributed by atoms with Crippen molar-refractivity contribution in [3.63, 3.8) is 0 Å². The summed E-state index contributed by atoms with van der Waals surface area (Å²) in [6.45, 7) is 5.33. The molecule has 0 fully saturated rings. The van der Waals surface area contributed by atoms with Crippen molar-refractivity contribution in [1.82, 2.24) is 9.62 Å². The summed E-state index contributed by atoms with van der Waals surface area (Å²) >= 11 is 8.16. The summed E-state index contributed by atoms with van der Waals surface area (Å²) in [4.78, 5) is 0. The number of hydrogen-bond donors (Lipinski definition) is 2. The second kappa shape index (κ2) is 8.52. The lowest BCUT2D eigenvalue weighted by atomic mass is 10.3. The maximum absolute atomic E-state index is 12.2. The fourth-order valence-corrected chi connectivity index (χ4v) is 3.54. The van der Waals surface area contributed by atoms with Gasteiger partial charge in [-0.3, -0.25) is 4.72 Å². The highest BCUT2D eigenvalue weighted by Gasteiger charge is 2.18. The molecule has 1 aromatic carbocycles. The zero-order valence-corrected chi connectivity index (χ0v) is 16.1. The van der Waals surface area contributed by atoms with E-state index < -0.39 is 10.2 Å². The van der Waals surface area contributed by atoms with Crippen molar-refractivity contribution in [3.8, 4) is 0 Å². The highest BCUT2D eigenvalue weighted by atomic mass is 127. The van der Waals surface area contributed by atoms with Gasteiger partial charge in [0.05, 0.1) is 10.7 Å². The summed E-state index contributed by atoms with van der Waals surface area (Å²) in [6, 6.07) is 5.58. The first-order valence-electron chi connectivity index (χ1n) is 6.65. The molecule has 0 spiro atoms. The summed E-state index contributed by atoms with van der Waals surface area (Å²) in [6.07, 6.45) is 0.746. The molecule has 0 saturated heterocycles. The topological polar surface area (TPSA) is 61.4 Å². The fraction of sp³-hybridized carbons (Fsp3) is 0.538. The Morgan fingerprint density at radius 1 is 1.38 bits per heavy atom. The Balaban J connectivity index is 2.59. The van der Waals surface area contributed by atoms with E-state index in [0.717, 1.165) is 16.5 Å². The smallest absolute Gasteiger partial charge is 0.301 e. The highest BCUT2D eigenvalue weighted by molar-refractivity contribution is 14.1. The van der Waals surface area contributed by atoms with E-state index in [0.29, 0.717) is 23.3 Å². The largest absolute Gasteiger partial charge is 0.314 e. The molecule has 0 radical (unpaired) electrons. The maximum Gasteiger partial charge on any atom is 0.301 e. The van der Waals surface area contributed by atoms with Gasteiger partial charge < -0.3 is 5.32 Å². The third-order valence-corrected chi connectivity index (χ3v) is 5.25. The van der Waals surface area contributed by atoms with Gasteiger partial charge in [-0.1, -0.05) is 25.4 Å². The van der Waals surface area contributed by atoms with Crippen LogP contribution in [0.2, 0.25) is 5.02 Å². The Bertz CT molecular complexity index is 567. The van der Waals surface area contributed by atoms with Crippen LogP contribution < -0.4 is 10.0 Å². The lowest BCUT2D eigenvalue weighted by Crippen LogP contribution is -2.35. The third kappa shape index (κ3) is 6.68. The van der Waals surface area contributed by atoms with Gasteiger partial charge in [0.2, 0.25) is 0 Å². The van der Waals surface area contributed by atoms with Crippen LogP contribution in [-0.4, -0.2) is 38.9 Å². The third-order valence-electron chi connectivity index (χ3n) is 2.78. The SMILES string of the molecule is CC(C)NCCCN(C)S(=O)(=O)Nc1ccc(I)cc1Cl. The van der Waals surface area contributed by atoms with E-state index in [9.17, 15) is 8.42 Å². The first-order chi connectivity index (χ1) is 9.72. The Morgan fingerprint density at radius 3 is 2.62 bits per heavy atom. The second-order valence-electron chi connectivity index (χ2n) is 5.02. The van der Waals surface area contributed by atoms with Gasteiger partial charge in [0, 0.05) is 23.2 Å². The molecule has 2 N–H and O–H groups in total. The average molecular weight is 446 g/mol. The standard InChI is InChI=1S/C13H21ClIN3O2S/c1-10(2)16-7-4-8-18(3)21(19,20)17-13-6-5-11(15)9-12(13)14/h5-6,9-10,16-17H,4,7-8H2,1-3H3. The van der Waals surface area contributed by atoms with Crippen LogP contribution in [0, 0.1) is 3.57 Å². The zero-order chi connectivity index (χ0) is 16.0. The number of halogens is 2. The molecule has 0 heterocycles. The number of anilines is 1. The van der Waals surface area contributed by atoms with Crippen LogP contribution in [0.1, 0.15) is 20.3 Å². The van der Waals surface area contributed by atoms with Crippen LogP contribution in [0.5, 0.6) is 0 Å². The Labute approximate surface area is 145 Å². The quantitative estimate of drug-likeness (QED) is 0.478. The molecule has 0 amide bonds. The monoisotopic (exact) mass is 445 g/mol. The van der Waals surface area contributed by atoms with Crippen LogP contribution in [-0.2, 0) is 10.2 Å². The minimum absolute atomic E-state index is 0.389. The molecular weight excluding hydrogens is 425 g/mol. The van der Waals surface area contributed by atoms with E-state index >= 15 is 0 Å². The number of benzene rings is 1. The van der Waals surface area contributed by atoms with Gasteiger partial charge in [-0.25, -0.2) is 0 Å². The summed E-state index contributed by atoms with van der Waals surface area (Å²) in [7, 11) is -2.03. The van der Waals surface area contributed by atoms with E-state index in [-0.39, 0.29) is 0 Å². The van der Waals surface area contributed by atoms with Crippen molar-refractivity contribution < 1.29 is 8.42 Å². The highest BCUT2D eigenvalue weighted by Crippen LogP contribution is 2.25. The minimum atomic E-state index is -3.58. The zero-order valence-electron chi connectivity index (χ0n) is 12.4. The first kappa shape index (κ1) is 19.0. The van der Waals surface area contributed by atoms with E-state index in [4.69, 9.17) is 11.6 Å². The van der Waals surface area contributed by atoms with E-state index in [1.54, 1.807) is 25.2 Å². The molecule has 120 valence electrons. The number of rotatable bonds is 8. The predicted octanol–water partition coefficient (Wildman–Crippen LogP) is 2.92. The molecule has 0 aliphatic carbocycles. The number of nitrogens with one attached hydrogen (secondary N) is 2. The lowest BCUT2D eigenvalue weighted by Gasteiger charge is -2.19. The summed E-state index contributed by atoms with van der Waals surface area (Å²) in [5.74, 6) is 0. The van der Waals surface area contributed by atoms with Gasteiger partial charge in [-0.2, -0.15) is 12.7 Å². The van der Waals surface area contributed by atoms with Crippen molar-refractivity contribution >= 4 is 50.1 Å². The van der Waals surface area contributed by atoms with Gasteiger partial charge in [0.25, 0.3) is 0 Å². The molecule has 0 aromatic heterocycles. The molecule has 0 saturated carbocycles. The predicted molar refractivity (Wildman–Crippen MR) is 97.1 cm³/mol. The van der Waals surface area contributed by atoms with E-state index in [2.05, 4.69) is 46.5 Å². The van der Waals surface area contributed by atoms with Crippen LogP contribution in [0.25, 0.3) is 0 Å². The van der Waals surface area contributed by atoms with E-state index in [1.807, 2.05) is 0 Å². The molecule has 5 nitrogen and oxygen atoms in total. The van der Waals surface area contributed by atoms with Crippen LogP contribution in [0.15, 0.2) is 18.2 Å². The molecular formula is C13H21ClIN3O2S. The van der Waals surface area contributed by atoms with Crippen molar-refractivity contribution in [1.29, 1.82) is 0 Å². The van der Waals surface area contributed by atoms with Gasteiger partial charge in [-0.15, -0.1) is 0 Å². The maximum atomic E-state index is 12.2. The van der Waals surface area contributed by atoms with Crippen molar-refractivity contribution in [2.75, 3.05) is 24.9 Å². The van der Waals surface area contributed by atoms with Crippen LogP contribution >= 0.6 is 34.2 Å². The van der Waals surface area contributed by atoms with Crippen molar-refractivity contribution in [2.45, 2.75) is 26.3 Å². The van der Waals surface area contributed by atoms with Crippen molar-refractivity contribution in [2.24, 2.45) is 0 Å². The molecule has 0 aliphatic rings. The van der Waals surface area contributed by atoms with Gasteiger partial charge in [0.1, 0.15) is 0 Å². The summed E-state index contributed by atoms with van der Waals surface area (Å²) in [5, 5.41) is 3.64. The van der Waals surface area contributed by atoms with Gasteiger partial charge >= 0.3 is 10.2 Å². The number of hydrogen-bond acceptors (Lipinski definition) is 3. The molecule has 0 bridgehead atoms. The average Bonchev–Trinajstić information content (AvgIpc) is 2.37. The molecule has 1 rings (SSSR count). The molecule has 0 atom stereocenters. The lowest BCUT2D eigenvalue weighted by molar-refractivity contribution is 0.451. The normalized spacial score (nSPS) is 12.1. The fourth-order valence-electron chi connectivity index (χ4n) is 1.60. The van der Waals surface area contributed by atoms with Crippen LogP contribution in [0.3, 0.4) is 0 Å². The van der Waals surface area contributed by atoms with Crippen molar-refractivity contribution in [3.05, 3.63) is 26.8 Å². The number of nitrogens with zero attached hydrogens (tertiary/aromatic N) is 1. The van der Waals surface area contributed by atoms with Gasteiger partial charge in [0.15, 0.2) is 0 Å². The molecule has 0 aliphatic heterocycles.